The van der Waals surface area contributed by atoms with Crippen LogP contribution in [-0.2, 0) is 28.6 Å². The maximum absolute atomic E-state index is 12.7. The van der Waals surface area contributed by atoms with Crippen molar-refractivity contribution in [1.29, 1.82) is 0 Å². The van der Waals surface area contributed by atoms with Crippen molar-refractivity contribution < 1.29 is 28.6 Å². The van der Waals surface area contributed by atoms with Gasteiger partial charge in [-0.3, -0.25) is 14.4 Å². The second-order valence-electron chi connectivity index (χ2n) is 15.0. The molecule has 0 fully saturated rings. The van der Waals surface area contributed by atoms with Crippen molar-refractivity contribution in [1.82, 2.24) is 0 Å². The van der Waals surface area contributed by atoms with Gasteiger partial charge in [-0.2, -0.15) is 0 Å². The maximum atomic E-state index is 12.7. The highest BCUT2D eigenvalue weighted by atomic mass is 16.6. The molecule has 0 aliphatic heterocycles. The van der Waals surface area contributed by atoms with Gasteiger partial charge in [-0.1, -0.05) is 203 Å². The molecular formula is C50H84O6. The lowest BCUT2D eigenvalue weighted by Crippen LogP contribution is -2.30. The first kappa shape index (κ1) is 52.9. The Balaban J connectivity index is 4.45. The zero-order valence-corrected chi connectivity index (χ0v) is 36.4. The number of rotatable bonds is 40. The lowest BCUT2D eigenvalue weighted by atomic mass is 10.0. The Morgan fingerprint density at radius 1 is 0.375 bits per heavy atom. The first-order valence-corrected chi connectivity index (χ1v) is 23.0. The summed E-state index contributed by atoms with van der Waals surface area (Å²) < 4.78 is 16.7. The van der Waals surface area contributed by atoms with Crippen molar-refractivity contribution >= 4 is 17.9 Å². The minimum absolute atomic E-state index is 0.0899. The second kappa shape index (κ2) is 44.6. The highest BCUT2D eigenvalue weighted by Gasteiger charge is 2.19. The van der Waals surface area contributed by atoms with E-state index in [1.165, 1.54) is 57.8 Å². The standard InChI is InChI=1S/C50H84O6/c1-4-7-10-13-16-19-22-25-28-31-34-37-40-43-49(52)55-46-47(45-54-48(51)42-39-36-33-30-27-24-21-18-15-12-9-6-3)56-50(53)44-41-38-35-32-29-26-23-20-17-14-11-8-5-2/h7-8,10-11,13-14,16-17,19-20,22-23,47H,4-6,9,12,15,18,21,24-46H2,1-3H3/b10-7-,11-8-,16-13-,17-14-,22-19-,23-20-. The second-order valence-corrected chi connectivity index (χ2v) is 15.0. The maximum Gasteiger partial charge on any atom is 0.306 e. The molecule has 0 aliphatic carbocycles. The SMILES string of the molecule is CC\C=C/C=C\C=C/CCCCCCCC(=O)OCC(COC(=O)CCCCCCCCCCCCCC)OC(=O)CCCCCCC\C=C/C=C\C=C/CC. The van der Waals surface area contributed by atoms with E-state index >= 15 is 0 Å². The largest absolute Gasteiger partial charge is 0.462 e. The van der Waals surface area contributed by atoms with Gasteiger partial charge < -0.3 is 14.2 Å². The Hall–Kier alpha value is -3.15. The molecule has 0 aromatic carbocycles. The molecule has 0 aromatic rings. The van der Waals surface area contributed by atoms with Gasteiger partial charge in [0, 0.05) is 19.3 Å². The molecular weight excluding hydrogens is 697 g/mol. The zero-order valence-electron chi connectivity index (χ0n) is 36.4. The molecule has 1 unspecified atom stereocenters. The molecule has 0 N–H and O–H groups in total. The predicted molar refractivity (Wildman–Crippen MR) is 238 cm³/mol. The molecule has 56 heavy (non-hydrogen) atoms. The van der Waals surface area contributed by atoms with Crippen LogP contribution in [0.3, 0.4) is 0 Å². The minimum Gasteiger partial charge on any atom is -0.462 e. The molecule has 0 saturated heterocycles. The van der Waals surface area contributed by atoms with E-state index in [1.807, 2.05) is 0 Å². The Morgan fingerprint density at radius 3 is 1.07 bits per heavy atom. The van der Waals surface area contributed by atoms with Crippen molar-refractivity contribution in [3.8, 4) is 0 Å². The van der Waals surface area contributed by atoms with Gasteiger partial charge in [0.25, 0.3) is 0 Å². The predicted octanol–water partition coefficient (Wildman–Crippen LogP) is 14.7. The van der Waals surface area contributed by atoms with Crippen LogP contribution in [0.25, 0.3) is 0 Å². The molecule has 0 spiro atoms. The molecule has 0 heterocycles. The van der Waals surface area contributed by atoms with Crippen LogP contribution in [0.4, 0.5) is 0 Å². The van der Waals surface area contributed by atoms with Gasteiger partial charge in [-0.05, 0) is 57.8 Å². The third-order valence-electron chi connectivity index (χ3n) is 9.58. The van der Waals surface area contributed by atoms with E-state index in [2.05, 4.69) is 93.7 Å². The summed E-state index contributed by atoms with van der Waals surface area (Å²) in [5.41, 5.74) is 0. The topological polar surface area (TPSA) is 78.9 Å². The molecule has 0 radical (unpaired) electrons. The fourth-order valence-corrected chi connectivity index (χ4v) is 6.15. The van der Waals surface area contributed by atoms with Crippen LogP contribution >= 0.6 is 0 Å². The first-order valence-electron chi connectivity index (χ1n) is 23.0. The summed E-state index contributed by atoms with van der Waals surface area (Å²) in [7, 11) is 0. The van der Waals surface area contributed by atoms with E-state index in [9.17, 15) is 14.4 Å². The van der Waals surface area contributed by atoms with Crippen LogP contribution in [0, 0.1) is 0 Å². The van der Waals surface area contributed by atoms with Gasteiger partial charge in [-0.15, -0.1) is 0 Å². The third-order valence-corrected chi connectivity index (χ3v) is 9.58. The summed E-state index contributed by atoms with van der Waals surface area (Å²) in [6.07, 6.45) is 54.5. The van der Waals surface area contributed by atoms with E-state index in [0.29, 0.717) is 19.3 Å². The van der Waals surface area contributed by atoms with Crippen LogP contribution < -0.4 is 0 Å². The Kier molecular flexibility index (Phi) is 42.1. The van der Waals surface area contributed by atoms with Crippen LogP contribution in [0.5, 0.6) is 0 Å². The van der Waals surface area contributed by atoms with Gasteiger partial charge in [0.2, 0.25) is 0 Å². The van der Waals surface area contributed by atoms with Crippen molar-refractivity contribution in [2.24, 2.45) is 0 Å². The van der Waals surface area contributed by atoms with Crippen LogP contribution in [0.2, 0.25) is 0 Å². The molecule has 0 bridgehead atoms. The van der Waals surface area contributed by atoms with E-state index in [1.54, 1.807) is 0 Å². The normalized spacial score (nSPS) is 12.7. The summed E-state index contributed by atoms with van der Waals surface area (Å²) in [4.78, 5) is 37.8. The zero-order chi connectivity index (χ0) is 40.8. The van der Waals surface area contributed by atoms with Crippen molar-refractivity contribution in [3.63, 3.8) is 0 Å². The van der Waals surface area contributed by atoms with Gasteiger partial charge in [0.05, 0.1) is 0 Å². The number of carbonyl (C=O) groups is 3. The Bertz CT molecular complexity index is 1080. The van der Waals surface area contributed by atoms with E-state index in [4.69, 9.17) is 14.2 Å². The first-order chi connectivity index (χ1) is 27.5. The average Bonchev–Trinajstić information content (AvgIpc) is 3.19. The lowest BCUT2D eigenvalue weighted by Gasteiger charge is -2.18. The van der Waals surface area contributed by atoms with Gasteiger partial charge in [0.15, 0.2) is 6.10 Å². The number of hydrogen-bond acceptors (Lipinski definition) is 6. The smallest absolute Gasteiger partial charge is 0.306 e. The average molecular weight is 781 g/mol. The molecule has 6 heteroatoms. The fraction of sp³-hybridized carbons (Fsp3) is 0.700. The molecule has 6 nitrogen and oxygen atoms in total. The third kappa shape index (κ3) is 42.0. The highest BCUT2D eigenvalue weighted by molar-refractivity contribution is 5.71. The summed E-state index contributed by atoms with van der Waals surface area (Å²) >= 11 is 0. The molecule has 0 saturated carbocycles. The number of ether oxygens (including phenoxy) is 3. The molecule has 1 atom stereocenters. The van der Waals surface area contributed by atoms with Crippen molar-refractivity contribution in [3.05, 3.63) is 72.9 Å². The van der Waals surface area contributed by atoms with E-state index < -0.39 is 6.10 Å². The lowest BCUT2D eigenvalue weighted by molar-refractivity contribution is -0.167. The van der Waals surface area contributed by atoms with Crippen molar-refractivity contribution in [2.75, 3.05) is 13.2 Å². The molecule has 0 amide bonds. The monoisotopic (exact) mass is 781 g/mol. The fourth-order valence-electron chi connectivity index (χ4n) is 6.15. The van der Waals surface area contributed by atoms with E-state index in [0.717, 1.165) is 109 Å². The molecule has 0 aromatic heterocycles. The highest BCUT2D eigenvalue weighted by Crippen LogP contribution is 2.14. The molecule has 0 rings (SSSR count). The van der Waals surface area contributed by atoms with Gasteiger partial charge in [0.1, 0.15) is 13.2 Å². The summed E-state index contributed by atoms with van der Waals surface area (Å²) in [6, 6.07) is 0. The summed E-state index contributed by atoms with van der Waals surface area (Å²) in [5, 5.41) is 0. The number of esters is 3. The molecule has 320 valence electrons. The molecule has 0 aliphatic rings. The van der Waals surface area contributed by atoms with Crippen molar-refractivity contribution in [2.45, 2.75) is 213 Å². The minimum atomic E-state index is -0.791. The van der Waals surface area contributed by atoms with Crippen LogP contribution in [-0.4, -0.2) is 37.2 Å². The Morgan fingerprint density at radius 2 is 0.696 bits per heavy atom. The number of carbonyl (C=O) groups excluding carboxylic acids is 3. The van der Waals surface area contributed by atoms with Crippen LogP contribution in [0.1, 0.15) is 207 Å². The number of unbranched alkanes of at least 4 members (excludes halogenated alkanes) is 21. The van der Waals surface area contributed by atoms with Gasteiger partial charge in [-0.25, -0.2) is 0 Å². The number of hydrogen-bond donors (Lipinski definition) is 0. The quantitative estimate of drug-likeness (QED) is 0.0267. The van der Waals surface area contributed by atoms with Gasteiger partial charge >= 0.3 is 17.9 Å². The number of allylic oxidation sites excluding steroid dienone is 12. The van der Waals surface area contributed by atoms with Crippen LogP contribution in [0.15, 0.2) is 72.9 Å². The Labute approximate surface area is 344 Å². The summed E-state index contributed by atoms with van der Waals surface area (Å²) in [5.74, 6) is -0.936. The van der Waals surface area contributed by atoms with E-state index in [-0.39, 0.29) is 31.1 Å². The summed E-state index contributed by atoms with van der Waals surface area (Å²) in [6.45, 7) is 6.32.